The molecule has 0 aromatic rings. The topological polar surface area (TPSA) is 55.8 Å². The molecular weight excluding hydrogens is 198 g/mol. The summed E-state index contributed by atoms with van der Waals surface area (Å²) in [6.45, 7) is 1.21. The molecule has 2 fully saturated rings. The van der Waals surface area contributed by atoms with Crippen LogP contribution in [-0.2, 0) is 19.1 Å². The maximum atomic E-state index is 11.5. The average Bonchev–Trinajstić information content (AvgIpc) is 2.97. The van der Waals surface area contributed by atoms with Gasteiger partial charge in [-0.3, -0.25) is 4.79 Å². The van der Waals surface area contributed by atoms with Crippen LogP contribution in [0.5, 0.6) is 0 Å². The van der Waals surface area contributed by atoms with Gasteiger partial charge in [0.25, 0.3) is 0 Å². The van der Waals surface area contributed by atoms with E-state index < -0.39 is 0 Å². The van der Waals surface area contributed by atoms with Gasteiger partial charge in [-0.25, -0.2) is 4.79 Å². The minimum atomic E-state index is -0.373. The van der Waals surface area contributed by atoms with Crippen molar-refractivity contribution in [2.75, 3.05) is 26.8 Å². The lowest BCUT2D eigenvalue weighted by Crippen LogP contribution is -2.55. The normalized spacial score (nSPS) is 21.0. The highest BCUT2D eigenvalue weighted by Crippen LogP contribution is 2.32. The Hall–Kier alpha value is -1.10. The summed E-state index contributed by atoms with van der Waals surface area (Å²) in [6, 6.07) is 0. The SMILES string of the molecule is COC(=O)COC1CN(C(=O)C2CC2)C1. The van der Waals surface area contributed by atoms with Crippen LogP contribution in [0, 0.1) is 5.92 Å². The third-order valence-corrected chi connectivity index (χ3v) is 2.75. The number of nitrogens with zero attached hydrogens (tertiary/aromatic N) is 1. The van der Waals surface area contributed by atoms with Crippen molar-refractivity contribution in [3.63, 3.8) is 0 Å². The summed E-state index contributed by atoms with van der Waals surface area (Å²) in [7, 11) is 1.33. The minimum absolute atomic E-state index is 0.00630. The van der Waals surface area contributed by atoms with E-state index in [0.29, 0.717) is 13.1 Å². The van der Waals surface area contributed by atoms with E-state index in [1.807, 2.05) is 0 Å². The van der Waals surface area contributed by atoms with E-state index in [2.05, 4.69) is 4.74 Å². The molecule has 0 atom stereocenters. The molecule has 0 aromatic carbocycles. The van der Waals surface area contributed by atoms with Gasteiger partial charge < -0.3 is 14.4 Å². The van der Waals surface area contributed by atoms with Crippen LogP contribution in [0.2, 0.25) is 0 Å². The maximum absolute atomic E-state index is 11.5. The summed E-state index contributed by atoms with van der Waals surface area (Å²) in [5, 5.41) is 0. The quantitative estimate of drug-likeness (QED) is 0.607. The number of carbonyl (C=O) groups excluding carboxylic acids is 2. The van der Waals surface area contributed by atoms with Crippen molar-refractivity contribution >= 4 is 11.9 Å². The van der Waals surface area contributed by atoms with Gasteiger partial charge >= 0.3 is 5.97 Å². The molecule has 1 saturated carbocycles. The van der Waals surface area contributed by atoms with E-state index in [1.165, 1.54) is 7.11 Å². The molecule has 1 amide bonds. The smallest absolute Gasteiger partial charge is 0.331 e. The van der Waals surface area contributed by atoms with Crippen molar-refractivity contribution in [1.29, 1.82) is 0 Å². The number of likely N-dealkylation sites (tertiary alicyclic amines) is 1. The number of hydrogen-bond acceptors (Lipinski definition) is 4. The first-order valence-electron chi connectivity index (χ1n) is 5.18. The van der Waals surface area contributed by atoms with Crippen LogP contribution in [0.1, 0.15) is 12.8 Å². The molecule has 2 rings (SSSR count). The van der Waals surface area contributed by atoms with Crippen LogP contribution in [-0.4, -0.2) is 49.7 Å². The van der Waals surface area contributed by atoms with E-state index in [-0.39, 0.29) is 30.5 Å². The number of hydrogen-bond donors (Lipinski definition) is 0. The fourth-order valence-electron chi connectivity index (χ4n) is 1.56. The van der Waals surface area contributed by atoms with Gasteiger partial charge in [-0.15, -0.1) is 0 Å². The Balaban J connectivity index is 1.61. The second-order valence-electron chi connectivity index (χ2n) is 4.03. The maximum Gasteiger partial charge on any atom is 0.331 e. The van der Waals surface area contributed by atoms with E-state index in [1.54, 1.807) is 4.90 Å². The van der Waals surface area contributed by atoms with Gasteiger partial charge in [0.15, 0.2) is 0 Å². The second kappa shape index (κ2) is 4.18. The number of ether oxygens (including phenoxy) is 2. The first-order valence-corrected chi connectivity index (χ1v) is 5.18. The van der Waals surface area contributed by atoms with Gasteiger partial charge in [-0.05, 0) is 12.8 Å². The van der Waals surface area contributed by atoms with Crippen molar-refractivity contribution in [2.45, 2.75) is 18.9 Å². The fourth-order valence-corrected chi connectivity index (χ4v) is 1.56. The standard InChI is InChI=1S/C10H15NO4/c1-14-9(12)6-15-8-4-11(5-8)10(13)7-2-3-7/h7-8H,2-6H2,1H3. The molecule has 15 heavy (non-hydrogen) atoms. The number of methoxy groups -OCH3 is 1. The van der Waals surface area contributed by atoms with Crippen LogP contribution >= 0.6 is 0 Å². The van der Waals surface area contributed by atoms with Gasteiger partial charge in [0.2, 0.25) is 5.91 Å². The molecule has 0 N–H and O–H groups in total. The van der Waals surface area contributed by atoms with E-state index in [4.69, 9.17) is 4.74 Å². The molecule has 5 heteroatoms. The van der Waals surface area contributed by atoms with Gasteiger partial charge in [0.05, 0.1) is 13.2 Å². The molecule has 0 spiro atoms. The van der Waals surface area contributed by atoms with Gasteiger partial charge in [0, 0.05) is 19.0 Å². The number of carbonyl (C=O) groups is 2. The van der Waals surface area contributed by atoms with Crippen LogP contribution in [0.15, 0.2) is 0 Å². The van der Waals surface area contributed by atoms with Gasteiger partial charge in [-0.1, -0.05) is 0 Å². The first kappa shape index (κ1) is 10.4. The summed E-state index contributed by atoms with van der Waals surface area (Å²) in [5.74, 6) is 0.140. The van der Waals surface area contributed by atoms with Crippen LogP contribution in [0.25, 0.3) is 0 Å². The highest BCUT2D eigenvalue weighted by atomic mass is 16.6. The average molecular weight is 213 g/mol. The largest absolute Gasteiger partial charge is 0.467 e. The predicted octanol–water partition coefficient (Wildman–Crippen LogP) is -0.203. The Bertz CT molecular complexity index is 269. The highest BCUT2D eigenvalue weighted by Gasteiger charge is 2.39. The molecule has 5 nitrogen and oxygen atoms in total. The Morgan fingerprint density at radius 2 is 2.00 bits per heavy atom. The fraction of sp³-hybridized carbons (Fsp3) is 0.800. The minimum Gasteiger partial charge on any atom is -0.467 e. The number of amides is 1. The molecular formula is C10H15NO4. The molecule has 2 aliphatic rings. The Morgan fingerprint density at radius 3 is 2.53 bits per heavy atom. The Morgan fingerprint density at radius 1 is 1.33 bits per heavy atom. The van der Waals surface area contributed by atoms with E-state index in [0.717, 1.165) is 12.8 Å². The summed E-state index contributed by atoms with van der Waals surface area (Å²) < 4.78 is 9.69. The van der Waals surface area contributed by atoms with Crippen molar-refractivity contribution in [3.8, 4) is 0 Å². The van der Waals surface area contributed by atoms with Crippen LogP contribution in [0.4, 0.5) is 0 Å². The molecule has 1 saturated heterocycles. The van der Waals surface area contributed by atoms with Crippen LogP contribution in [0.3, 0.4) is 0 Å². The highest BCUT2D eigenvalue weighted by molar-refractivity contribution is 5.81. The van der Waals surface area contributed by atoms with Crippen LogP contribution < -0.4 is 0 Å². The van der Waals surface area contributed by atoms with Crippen molar-refractivity contribution in [1.82, 2.24) is 4.90 Å². The zero-order valence-electron chi connectivity index (χ0n) is 8.77. The second-order valence-corrected chi connectivity index (χ2v) is 4.03. The van der Waals surface area contributed by atoms with Crippen molar-refractivity contribution in [2.24, 2.45) is 5.92 Å². The number of esters is 1. The third-order valence-electron chi connectivity index (χ3n) is 2.75. The molecule has 0 bridgehead atoms. The monoisotopic (exact) mass is 213 g/mol. The zero-order valence-corrected chi connectivity index (χ0v) is 8.77. The van der Waals surface area contributed by atoms with Crippen molar-refractivity contribution < 1.29 is 19.1 Å². The van der Waals surface area contributed by atoms with Gasteiger partial charge in [-0.2, -0.15) is 0 Å². The summed E-state index contributed by atoms with van der Waals surface area (Å²) in [6.07, 6.45) is 2.07. The zero-order chi connectivity index (χ0) is 10.8. The lowest BCUT2D eigenvalue weighted by molar-refractivity contribution is -0.157. The lowest BCUT2D eigenvalue weighted by atomic mass is 10.1. The molecule has 0 aromatic heterocycles. The Kier molecular flexibility index (Phi) is 2.90. The predicted molar refractivity (Wildman–Crippen MR) is 51.1 cm³/mol. The van der Waals surface area contributed by atoms with E-state index >= 15 is 0 Å². The summed E-state index contributed by atoms with van der Waals surface area (Å²) in [5.41, 5.74) is 0. The summed E-state index contributed by atoms with van der Waals surface area (Å²) >= 11 is 0. The third kappa shape index (κ3) is 2.47. The number of rotatable bonds is 4. The molecule has 84 valence electrons. The van der Waals surface area contributed by atoms with Gasteiger partial charge in [0.1, 0.15) is 6.61 Å². The molecule has 1 aliphatic heterocycles. The summed E-state index contributed by atoms with van der Waals surface area (Å²) in [4.78, 5) is 24.1. The van der Waals surface area contributed by atoms with E-state index in [9.17, 15) is 9.59 Å². The van der Waals surface area contributed by atoms with Crippen molar-refractivity contribution in [3.05, 3.63) is 0 Å². The lowest BCUT2D eigenvalue weighted by Gasteiger charge is -2.38. The molecule has 0 radical (unpaired) electrons. The molecule has 1 aliphatic carbocycles. The molecule has 0 unspecified atom stereocenters. The first-order chi connectivity index (χ1) is 7.20. The molecule has 1 heterocycles. The Labute approximate surface area is 88.3 Å².